The molecule has 0 spiro atoms. The molecule has 1 aromatic carbocycles. The second-order valence-electron chi connectivity index (χ2n) is 3.93. The summed E-state index contributed by atoms with van der Waals surface area (Å²) in [5.41, 5.74) is 4.30. The van der Waals surface area contributed by atoms with Crippen molar-refractivity contribution in [1.29, 1.82) is 0 Å². The van der Waals surface area contributed by atoms with Gasteiger partial charge in [-0.1, -0.05) is 21.1 Å². The minimum absolute atomic E-state index is 0.0388. The van der Waals surface area contributed by atoms with Crippen LogP contribution in [0.4, 0.5) is 18.9 Å². The molecule has 4 N–H and O–H groups in total. The number of rotatable bonds is 3. The van der Waals surface area contributed by atoms with E-state index in [1.807, 2.05) is 0 Å². The van der Waals surface area contributed by atoms with Crippen molar-refractivity contribution in [3.05, 3.63) is 28.2 Å². The number of oxime groups is 1. The van der Waals surface area contributed by atoms with Crippen molar-refractivity contribution in [2.45, 2.75) is 13.1 Å². The standard InChI is InChI=1S/C11H11BrF3N3O2/c1-5(9(16)18-20)10(19)17-6-2-3-8(12)7(4-6)11(13,14)15/h2-5,20H,1H3,(H2,16,18)(H,17,19). The molecule has 0 aliphatic heterocycles. The summed E-state index contributed by atoms with van der Waals surface area (Å²) < 4.78 is 37.9. The lowest BCUT2D eigenvalue weighted by Crippen LogP contribution is -2.32. The van der Waals surface area contributed by atoms with E-state index in [-0.39, 0.29) is 16.0 Å². The van der Waals surface area contributed by atoms with E-state index in [0.29, 0.717) is 0 Å². The highest BCUT2D eigenvalue weighted by Gasteiger charge is 2.33. The van der Waals surface area contributed by atoms with Crippen LogP contribution in [0.5, 0.6) is 0 Å². The number of carbonyl (C=O) groups excluding carboxylic acids is 1. The monoisotopic (exact) mass is 353 g/mol. The lowest BCUT2D eigenvalue weighted by molar-refractivity contribution is -0.138. The van der Waals surface area contributed by atoms with Crippen LogP contribution < -0.4 is 11.1 Å². The highest BCUT2D eigenvalue weighted by molar-refractivity contribution is 9.10. The van der Waals surface area contributed by atoms with Crippen molar-refractivity contribution in [1.82, 2.24) is 0 Å². The van der Waals surface area contributed by atoms with Crippen LogP contribution in [0.25, 0.3) is 0 Å². The molecule has 0 radical (unpaired) electrons. The average Bonchev–Trinajstić information content (AvgIpc) is 2.37. The molecule has 0 bridgehead atoms. The van der Waals surface area contributed by atoms with E-state index in [9.17, 15) is 18.0 Å². The van der Waals surface area contributed by atoms with Crippen LogP contribution in [0.15, 0.2) is 27.8 Å². The Kier molecular flexibility index (Phi) is 4.98. The maximum Gasteiger partial charge on any atom is 0.417 e. The molecule has 0 heterocycles. The highest BCUT2D eigenvalue weighted by Crippen LogP contribution is 2.36. The Balaban J connectivity index is 2.98. The molecule has 0 saturated heterocycles. The van der Waals surface area contributed by atoms with Gasteiger partial charge in [0.2, 0.25) is 5.91 Å². The van der Waals surface area contributed by atoms with E-state index in [2.05, 4.69) is 26.4 Å². The summed E-state index contributed by atoms with van der Waals surface area (Å²) in [4.78, 5) is 11.7. The van der Waals surface area contributed by atoms with Crippen molar-refractivity contribution in [2.24, 2.45) is 16.8 Å². The number of halogens is 4. The number of nitrogens with one attached hydrogen (secondary N) is 1. The number of nitrogens with two attached hydrogens (primary N) is 1. The van der Waals surface area contributed by atoms with Gasteiger partial charge in [-0.3, -0.25) is 4.79 Å². The van der Waals surface area contributed by atoms with Gasteiger partial charge in [0, 0.05) is 10.2 Å². The number of amidine groups is 1. The van der Waals surface area contributed by atoms with Crippen LogP contribution in [-0.2, 0) is 11.0 Å². The van der Waals surface area contributed by atoms with Crippen molar-refractivity contribution < 1.29 is 23.2 Å². The molecule has 1 unspecified atom stereocenters. The maximum atomic E-state index is 12.7. The van der Waals surface area contributed by atoms with Crippen LogP contribution in [0, 0.1) is 5.92 Å². The third-order valence-electron chi connectivity index (χ3n) is 2.49. The molecule has 20 heavy (non-hydrogen) atoms. The van der Waals surface area contributed by atoms with Crippen LogP contribution in [0.1, 0.15) is 12.5 Å². The number of nitrogens with zero attached hydrogens (tertiary/aromatic N) is 1. The number of carbonyl (C=O) groups is 1. The Morgan fingerprint density at radius 3 is 2.60 bits per heavy atom. The minimum atomic E-state index is -4.54. The van der Waals surface area contributed by atoms with Crippen molar-refractivity contribution >= 4 is 33.4 Å². The van der Waals surface area contributed by atoms with Gasteiger partial charge in [0.1, 0.15) is 0 Å². The molecule has 0 saturated carbocycles. The zero-order chi connectivity index (χ0) is 15.5. The molecule has 1 aromatic rings. The van der Waals surface area contributed by atoms with Crippen molar-refractivity contribution in [3.63, 3.8) is 0 Å². The zero-order valence-corrected chi connectivity index (χ0v) is 11.8. The Bertz CT molecular complexity index is 546. The number of amides is 1. The smallest absolute Gasteiger partial charge is 0.409 e. The largest absolute Gasteiger partial charge is 0.417 e. The molecule has 1 rings (SSSR count). The van der Waals surface area contributed by atoms with E-state index < -0.39 is 23.6 Å². The molecule has 0 fully saturated rings. The molecule has 1 atom stereocenters. The third-order valence-corrected chi connectivity index (χ3v) is 3.18. The molecule has 9 heteroatoms. The van der Waals surface area contributed by atoms with E-state index >= 15 is 0 Å². The van der Waals surface area contributed by atoms with Gasteiger partial charge in [0.15, 0.2) is 5.84 Å². The van der Waals surface area contributed by atoms with Crippen LogP contribution in [0.2, 0.25) is 0 Å². The fourth-order valence-corrected chi connectivity index (χ4v) is 1.76. The van der Waals surface area contributed by atoms with Gasteiger partial charge in [0.25, 0.3) is 0 Å². The zero-order valence-electron chi connectivity index (χ0n) is 10.2. The predicted octanol–water partition coefficient (Wildman–Crippen LogP) is 2.79. The maximum absolute atomic E-state index is 12.7. The van der Waals surface area contributed by atoms with Gasteiger partial charge in [-0.05, 0) is 25.1 Å². The number of anilines is 1. The highest BCUT2D eigenvalue weighted by atomic mass is 79.9. The second-order valence-corrected chi connectivity index (χ2v) is 4.78. The second kappa shape index (κ2) is 6.12. The van der Waals surface area contributed by atoms with Gasteiger partial charge in [-0.25, -0.2) is 0 Å². The number of alkyl halides is 3. The summed E-state index contributed by atoms with van der Waals surface area (Å²) in [6, 6.07) is 3.27. The van der Waals surface area contributed by atoms with Crippen molar-refractivity contribution in [2.75, 3.05) is 5.32 Å². The van der Waals surface area contributed by atoms with Crippen LogP contribution in [-0.4, -0.2) is 17.0 Å². The average molecular weight is 354 g/mol. The lowest BCUT2D eigenvalue weighted by Gasteiger charge is -2.14. The molecule has 110 valence electrons. The Morgan fingerprint density at radius 1 is 1.50 bits per heavy atom. The Morgan fingerprint density at radius 2 is 2.10 bits per heavy atom. The first-order valence-corrected chi connectivity index (χ1v) is 6.11. The summed E-state index contributed by atoms with van der Waals surface area (Å²) >= 11 is 2.79. The molecule has 0 aliphatic rings. The summed E-state index contributed by atoms with van der Waals surface area (Å²) in [7, 11) is 0. The van der Waals surface area contributed by atoms with Gasteiger partial charge >= 0.3 is 6.18 Å². The number of hydrogen-bond donors (Lipinski definition) is 3. The van der Waals surface area contributed by atoms with Crippen molar-refractivity contribution in [3.8, 4) is 0 Å². The normalized spacial score (nSPS) is 13.9. The Hall–Kier alpha value is -1.77. The minimum Gasteiger partial charge on any atom is -0.409 e. The first-order chi connectivity index (χ1) is 9.16. The molecule has 1 amide bonds. The van der Waals surface area contributed by atoms with E-state index in [0.717, 1.165) is 6.07 Å². The van der Waals surface area contributed by atoms with E-state index in [1.165, 1.54) is 19.1 Å². The molecular formula is C11H11BrF3N3O2. The fourth-order valence-electron chi connectivity index (χ4n) is 1.29. The predicted molar refractivity (Wildman–Crippen MR) is 70.3 cm³/mol. The Labute approximate surface area is 120 Å². The fraction of sp³-hybridized carbons (Fsp3) is 0.273. The molecule has 0 aromatic heterocycles. The summed E-state index contributed by atoms with van der Waals surface area (Å²) in [5.74, 6) is -2.00. The third kappa shape index (κ3) is 3.86. The van der Waals surface area contributed by atoms with Crippen LogP contribution in [0.3, 0.4) is 0 Å². The molecule has 0 aliphatic carbocycles. The number of benzene rings is 1. The topological polar surface area (TPSA) is 87.7 Å². The van der Waals surface area contributed by atoms with E-state index in [1.54, 1.807) is 0 Å². The van der Waals surface area contributed by atoms with Gasteiger partial charge in [-0.2, -0.15) is 13.2 Å². The van der Waals surface area contributed by atoms with Gasteiger partial charge in [-0.15, -0.1) is 0 Å². The van der Waals surface area contributed by atoms with Gasteiger partial charge < -0.3 is 16.3 Å². The quantitative estimate of drug-likeness (QED) is 0.338. The molecule has 5 nitrogen and oxygen atoms in total. The summed E-state index contributed by atoms with van der Waals surface area (Å²) in [6.45, 7) is 1.36. The molecular weight excluding hydrogens is 343 g/mol. The lowest BCUT2D eigenvalue weighted by atomic mass is 10.1. The number of hydrogen-bond acceptors (Lipinski definition) is 3. The summed E-state index contributed by atoms with van der Waals surface area (Å²) in [5, 5.41) is 13.4. The van der Waals surface area contributed by atoms with E-state index in [4.69, 9.17) is 10.9 Å². The first-order valence-electron chi connectivity index (χ1n) is 5.32. The van der Waals surface area contributed by atoms with Crippen LogP contribution >= 0.6 is 15.9 Å². The van der Waals surface area contributed by atoms with Gasteiger partial charge in [0.05, 0.1) is 11.5 Å². The summed E-state index contributed by atoms with van der Waals surface area (Å²) in [6.07, 6.45) is -4.54. The SMILES string of the molecule is CC(C(=O)Nc1ccc(Br)c(C(F)(F)F)c1)C(N)=NO. The first kappa shape index (κ1) is 16.3.